The molecule has 0 bridgehead atoms. The van der Waals surface area contributed by atoms with Crippen LogP contribution in [0.2, 0.25) is 15.1 Å². The number of hydrogen-bond acceptors (Lipinski definition) is 5. The standard InChI is InChI=1S/C26H18Cl3FN2O5/c1-2-36-22-11-14(10-21(29)23(22)37-13-15-3-4-16(27)12-20(15)28)9-19-24(33)31-26(35)32(25(19)34)18-7-5-17(30)6-8-18/h3-12H,2,13H2,1H3,(H,31,33,35)/b19-9+. The average Bonchev–Trinajstić information content (AvgIpc) is 2.83. The van der Waals surface area contributed by atoms with E-state index in [1.807, 2.05) is 0 Å². The zero-order valence-corrected chi connectivity index (χ0v) is 21.5. The van der Waals surface area contributed by atoms with Gasteiger partial charge in [0.15, 0.2) is 11.5 Å². The summed E-state index contributed by atoms with van der Waals surface area (Å²) < 4.78 is 24.9. The van der Waals surface area contributed by atoms with Crippen LogP contribution in [0, 0.1) is 5.82 Å². The molecule has 37 heavy (non-hydrogen) atoms. The van der Waals surface area contributed by atoms with Crippen LogP contribution in [0.5, 0.6) is 11.5 Å². The Morgan fingerprint density at radius 3 is 2.35 bits per heavy atom. The van der Waals surface area contributed by atoms with Gasteiger partial charge in [-0.15, -0.1) is 0 Å². The Kier molecular flexibility index (Phi) is 8.02. The third-order valence-corrected chi connectivity index (χ3v) is 6.08. The summed E-state index contributed by atoms with van der Waals surface area (Å²) in [6.45, 7) is 2.12. The van der Waals surface area contributed by atoms with Crippen molar-refractivity contribution in [1.29, 1.82) is 0 Å². The van der Waals surface area contributed by atoms with Crippen LogP contribution in [-0.2, 0) is 16.2 Å². The van der Waals surface area contributed by atoms with Gasteiger partial charge in [0.25, 0.3) is 11.8 Å². The molecule has 3 aromatic rings. The molecule has 0 aromatic heterocycles. The summed E-state index contributed by atoms with van der Waals surface area (Å²) in [5.74, 6) is -1.81. The maximum absolute atomic E-state index is 13.3. The molecule has 0 radical (unpaired) electrons. The van der Waals surface area contributed by atoms with E-state index in [4.69, 9.17) is 44.3 Å². The number of rotatable bonds is 7. The van der Waals surface area contributed by atoms with E-state index in [0.717, 1.165) is 17.0 Å². The summed E-state index contributed by atoms with van der Waals surface area (Å²) in [4.78, 5) is 38.7. The number of halogens is 4. The highest BCUT2D eigenvalue weighted by molar-refractivity contribution is 6.39. The number of ether oxygens (including phenoxy) is 2. The number of nitrogens with one attached hydrogen (secondary N) is 1. The van der Waals surface area contributed by atoms with E-state index >= 15 is 0 Å². The van der Waals surface area contributed by atoms with Gasteiger partial charge in [-0.05, 0) is 67.1 Å². The summed E-state index contributed by atoms with van der Waals surface area (Å²) >= 11 is 18.6. The Morgan fingerprint density at radius 1 is 0.946 bits per heavy atom. The molecule has 1 N–H and O–H groups in total. The van der Waals surface area contributed by atoms with E-state index in [9.17, 15) is 18.8 Å². The van der Waals surface area contributed by atoms with E-state index in [-0.39, 0.29) is 41.0 Å². The maximum Gasteiger partial charge on any atom is 0.335 e. The highest BCUT2D eigenvalue weighted by Crippen LogP contribution is 2.38. The minimum Gasteiger partial charge on any atom is -0.490 e. The van der Waals surface area contributed by atoms with Crippen LogP contribution in [0.3, 0.4) is 0 Å². The molecule has 1 fully saturated rings. The van der Waals surface area contributed by atoms with Crippen molar-refractivity contribution in [2.75, 3.05) is 11.5 Å². The summed E-state index contributed by atoms with van der Waals surface area (Å²) in [5, 5.41) is 3.17. The molecule has 11 heteroatoms. The number of imide groups is 2. The second-order valence-electron chi connectivity index (χ2n) is 7.72. The third kappa shape index (κ3) is 5.88. The fraction of sp³-hybridized carbons (Fsp3) is 0.115. The average molecular weight is 564 g/mol. The van der Waals surface area contributed by atoms with Gasteiger partial charge >= 0.3 is 6.03 Å². The van der Waals surface area contributed by atoms with Crippen molar-refractivity contribution < 1.29 is 28.2 Å². The molecule has 0 saturated carbocycles. The van der Waals surface area contributed by atoms with Crippen molar-refractivity contribution in [3.8, 4) is 11.5 Å². The van der Waals surface area contributed by atoms with Gasteiger partial charge in [-0.1, -0.05) is 40.9 Å². The fourth-order valence-corrected chi connectivity index (χ4v) is 4.25. The Hall–Kier alpha value is -3.59. The largest absolute Gasteiger partial charge is 0.490 e. The molecule has 1 heterocycles. The lowest BCUT2D eigenvalue weighted by atomic mass is 10.1. The van der Waals surface area contributed by atoms with Crippen LogP contribution in [0.25, 0.3) is 6.08 Å². The van der Waals surface area contributed by atoms with Crippen LogP contribution in [0.1, 0.15) is 18.1 Å². The van der Waals surface area contributed by atoms with Crippen molar-refractivity contribution in [3.05, 3.63) is 92.2 Å². The fourth-order valence-electron chi connectivity index (χ4n) is 3.51. The van der Waals surface area contributed by atoms with Crippen LogP contribution in [0.15, 0.2) is 60.2 Å². The van der Waals surface area contributed by atoms with Crippen molar-refractivity contribution in [3.63, 3.8) is 0 Å². The number of barbiturate groups is 1. The second-order valence-corrected chi connectivity index (χ2v) is 8.97. The minimum atomic E-state index is -0.948. The number of carbonyl (C=O) groups excluding carboxylic acids is 3. The first kappa shape index (κ1) is 26.5. The zero-order valence-electron chi connectivity index (χ0n) is 19.2. The van der Waals surface area contributed by atoms with Crippen molar-refractivity contribution in [2.24, 2.45) is 0 Å². The Morgan fingerprint density at radius 2 is 1.68 bits per heavy atom. The lowest BCUT2D eigenvalue weighted by Crippen LogP contribution is -2.54. The number of benzene rings is 3. The third-order valence-electron chi connectivity index (χ3n) is 5.22. The predicted molar refractivity (Wildman–Crippen MR) is 139 cm³/mol. The molecule has 190 valence electrons. The van der Waals surface area contributed by atoms with Crippen molar-refractivity contribution >= 4 is 64.4 Å². The van der Waals surface area contributed by atoms with Crippen LogP contribution in [-0.4, -0.2) is 24.5 Å². The molecule has 0 aliphatic carbocycles. The Bertz CT molecular complexity index is 1430. The van der Waals surface area contributed by atoms with E-state index in [1.165, 1.54) is 24.3 Å². The molecule has 7 nitrogen and oxygen atoms in total. The molecular weight excluding hydrogens is 546 g/mol. The number of amides is 4. The lowest BCUT2D eigenvalue weighted by Gasteiger charge is -2.26. The number of hydrogen-bond donors (Lipinski definition) is 1. The van der Waals surface area contributed by atoms with Crippen LogP contribution < -0.4 is 19.7 Å². The summed E-state index contributed by atoms with van der Waals surface area (Å²) in [6.07, 6.45) is 1.27. The number of anilines is 1. The molecule has 4 amide bonds. The topological polar surface area (TPSA) is 84.9 Å². The molecule has 1 aliphatic heterocycles. The molecule has 0 spiro atoms. The molecule has 0 unspecified atom stereocenters. The molecule has 3 aromatic carbocycles. The van der Waals surface area contributed by atoms with Gasteiger partial charge in [-0.3, -0.25) is 14.9 Å². The Balaban J connectivity index is 1.66. The summed E-state index contributed by atoms with van der Waals surface area (Å²) in [6, 6.07) is 11.8. The first-order valence-corrected chi connectivity index (χ1v) is 12.0. The van der Waals surface area contributed by atoms with Gasteiger partial charge in [-0.2, -0.15) is 0 Å². The Labute approximate surface area is 226 Å². The minimum absolute atomic E-state index is 0.0753. The first-order valence-electron chi connectivity index (χ1n) is 10.9. The zero-order chi connectivity index (χ0) is 26.7. The van der Waals surface area contributed by atoms with E-state index in [2.05, 4.69) is 5.32 Å². The predicted octanol–water partition coefficient (Wildman–Crippen LogP) is 6.43. The first-order chi connectivity index (χ1) is 17.7. The van der Waals surface area contributed by atoms with Gasteiger partial charge in [-0.25, -0.2) is 14.1 Å². The number of urea groups is 1. The highest BCUT2D eigenvalue weighted by Gasteiger charge is 2.37. The van der Waals surface area contributed by atoms with Gasteiger partial charge in [0.1, 0.15) is 18.0 Å². The van der Waals surface area contributed by atoms with E-state index in [1.54, 1.807) is 31.2 Å². The van der Waals surface area contributed by atoms with E-state index < -0.39 is 23.7 Å². The highest BCUT2D eigenvalue weighted by atomic mass is 35.5. The molecule has 4 rings (SSSR count). The van der Waals surface area contributed by atoms with Gasteiger partial charge < -0.3 is 9.47 Å². The van der Waals surface area contributed by atoms with Crippen LogP contribution >= 0.6 is 34.8 Å². The molecule has 0 atom stereocenters. The second kappa shape index (κ2) is 11.2. The van der Waals surface area contributed by atoms with Gasteiger partial charge in [0.2, 0.25) is 0 Å². The normalized spacial score (nSPS) is 14.7. The number of nitrogens with zero attached hydrogens (tertiary/aromatic N) is 1. The lowest BCUT2D eigenvalue weighted by molar-refractivity contribution is -0.122. The van der Waals surface area contributed by atoms with Crippen molar-refractivity contribution in [2.45, 2.75) is 13.5 Å². The quantitative estimate of drug-likeness (QED) is 0.265. The SMILES string of the molecule is CCOc1cc(/C=C2\C(=O)NC(=O)N(c3ccc(F)cc3)C2=O)cc(Cl)c1OCc1ccc(Cl)cc1Cl. The monoisotopic (exact) mass is 562 g/mol. The summed E-state index contributed by atoms with van der Waals surface area (Å²) in [5.41, 5.74) is 0.784. The number of carbonyl (C=O) groups is 3. The smallest absolute Gasteiger partial charge is 0.335 e. The molecule has 1 aliphatic rings. The molecule has 1 saturated heterocycles. The molecular formula is C26H18Cl3FN2O5. The maximum atomic E-state index is 13.3. The summed E-state index contributed by atoms with van der Waals surface area (Å²) in [7, 11) is 0. The van der Waals surface area contributed by atoms with Gasteiger partial charge in [0, 0.05) is 15.6 Å². The van der Waals surface area contributed by atoms with Crippen molar-refractivity contribution in [1.82, 2.24) is 5.32 Å². The van der Waals surface area contributed by atoms with E-state index in [0.29, 0.717) is 21.2 Å². The van der Waals surface area contributed by atoms with Gasteiger partial charge in [0.05, 0.1) is 17.3 Å². The van der Waals surface area contributed by atoms with Crippen LogP contribution in [0.4, 0.5) is 14.9 Å².